The molecular weight excluding hydrogens is 314 g/mol. The SMILES string of the molecule is CCc1cc(N2CCN(C(C)COC)CC2)nc(-c2ccncc2)n1. The summed E-state index contributed by atoms with van der Waals surface area (Å²) in [5.74, 6) is 1.81. The van der Waals surface area contributed by atoms with Crippen molar-refractivity contribution in [3.63, 3.8) is 0 Å². The molecule has 1 aliphatic rings. The molecule has 3 rings (SSSR count). The number of nitrogens with zero attached hydrogens (tertiary/aromatic N) is 5. The Morgan fingerprint density at radius 2 is 1.84 bits per heavy atom. The Morgan fingerprint density at radius 1 is 1.12 bits per heavy atom. The van der Waals surface area contributed by atoms with E-state index in [0.717, 1.165) is 62.1 Å². The van der Waals surface area contributed by atoms with Gasteiger partial charge in [0.05, 0.1) is 6.61 Å². The predicted octanol–water partition coefficient (Wildman–Crippen LogP) is 2.26. The molecular formula is C19H27N5O. The molecule has 0 bridgehead atoms. The minimum absolute atomic E-state index is 0.455. The van der Waals surface area contributed by atoms with Gasteiger partial charge in [-0.3, -0.25) is 9.88 Å². The quantitative estimate of drug-likeness (QED) is 0.803. The van der Waals surface area contributed by atoms with Crippen LogP contribution in [0.5, 0.6) is 0 Å². The van der Waals surface area contributed by atoms with E-state index in [1.54, 1.807) is 19.5 Å². The Bertz CT molecular complexity index is 671. The standard InChI is InChI=1S/C19H27N5O/c1-4-17-13-18(22-19(21-17)16-5-7-20-8-6-16)24-11-9-23(10-12-24)15(2)14-25-3/h5-8,13,15H,4,9-12,14H2,1-3H3. The molecule has 1 aliphatic heterocycles. The molecule has 0 radical (unpaired) electrons. The number of piperazine rings is 1. The van der Waals surface area contributed by atoms with Crippen LogP contribution in [0.1, 0.15) is 19.5 Å². The van der Waals surface area contributed by atoms with Gasteiger partial charge >= 0.3 is 0 Å². The molecule has 2 aromatic heterocycles. The maximum absolute atomic E-state index is 5.28. The summed E-state index contributed by atoms with van der Waals surface area (Å²) < 4.78 is 5.28. The summed E-state index contributed by atoms with van der Waals surface area (Å²) in [6.45, 7) is 9.14. The summed E-state index contributed by atoms with van der Waals surface area (Å²) in [6, 6.07) is 6.50. The first-order valence-corrected chi connectivity index (χ1v) is 8.97. The lowest BCUT2D eigenvalue weighted by atomic mass is 10.2. The predicted molar refractivity (Wildman–Crippen MR) is 99.8 cm³/mol. The lowest BCUT2D eigenvalue weighted by Crippen LogP contribution is -2.51. The number of rotatable bonds is 6. The van der Waals surface area contributed by atoms with Crippen LogP contribution in [0.15, 0.2) is 30.6 Å². The van der Waals surface area contributed by atoms with E-state index in [-0.39, 0.29) is 0 Å². The van der Waals surface area contributed by atoms with E-state index in [2.05, 4.69) is 34.7 Å². The summed E-state index contributed by atoms with van der Waals surface area (Å²) in [7, 11) is 1.76. The fraction of sp³-hybridized carbons (Fsp3) is 0.526. The highest BCUT2D eigenvalue weighted by Gasteiger charge is 2.22. The third kappa shape index (κ3) is 4.32. The molecule has 0 amide bonds. The fourth-order valence-electron chi connectivity index (χ4n) is 3.19. The van der Waals surface area contributed by atoms with Crippen LogP contribution >= 0.6 is 0 Å². The lowest BCUT2D eigenvalue weighted by Gasteiger charge is -2.38. The van der Waals surface area contributed by atoms with E-state index in [1.165, 1.54) is 0 Å². The van der Waals surface area contributed by atoms with E-state index in [0.29, 0.717) is 6.04 Å². The highest BCUT2D eigenvalue weighted by atomic mass is 16.5. The van der Waals surface area contributed by atoms with Crippen LogP contribution in [0, 0.1) is 0 Å². The average Bonchev–Trinajstić information content (AvgIpc) is 2.68. The number of hydrogen-bond acceptors (Lipinski definition) is 6. The second kappa shape index (κ2) is 8.36. The van der Waals surface area contributed by atoms with Gasteiger partial charge in [0, 0.05) is 69.0 Å². The smallest absolute Gasteiger partial charge is 0.161 e. The van der Waals surface area contributed by atoms with Crippen molar-refractivity contribution in [3.05, 3.63) is 36.3 Å². The second-order valence-corrected chi connectivity index (χ2v) is 6.46. The molecule has 0 aromatic carbocycles. The maximum atomic E-state index is 5.28. The Balaban J connectivity index is 1.77. The first kappa shape index (κ1) is 17.8. The number of methoxy groups -OCH3 is 1. The van der Waals surface area contributed by atoms with Crippen molar-refractivity contribution >= 4 is 5.82 Å². The van der Waals surface area contributed by atoms with Gasteiger partial charge in [-0.1, -0.05) is 6.92 Å². The van der Waals surface area contributed by atoms with Gasteiger partial charge in [0.25, 0.3) is 0 Å². The molecule has 1 fully saturated rings. The molecule has 1 saturated heterocycles. The Morgan fingerprint density at radius 3 is 2.48 bits per heavy atom. The van der Waals surface area contributed by atoms with Gasteiger partial charge in [0.1, 0.15) is 5.82 Å². The van der Waals surface area contributed by atoms with Gasteiger partial charge in [-0.2, -0.15) is 0 Å². The summed E-state index contributed by atoms with van der Waals surface area (Å²) >= 11 is 0. The zero-order valence-electron chi connectivity index (χ0n) is 15.4. The van der Waals surface area contributed by atoms with Crippen molar-refractivity contribution in [3.8, 4) is 11.4 Å². The molecule has 0 N–H and O–H groups in total. The van der Waals surface area contributed by atoms with Gasteiger partial charge < -0.3 is 9.64 Å². The van der Waals surface area contributed by atoms with Gasteiger partial charge in [0.2, 0.25) is 0 Å². The van der Waals surface area contributed by atoms with E-state index < -0.39 is 0 Å². The molecule has 0 spiro atoms. The highest BCUT2D eigenvalue weighted by Crippen LogP contribution is 2.21. The molecule has 6 nitrogen and oxygen atoms in total. The third-order valence-corrected chi connectivity index (χ3v) is 4.74. The van der Waals surface area contributed by atoms with E-state index >= 15 is 0 Å². The first-order valence-electron chi connectivity index (χ1n) is 8.97. The number of hydrogen-bond donors (Lipinski definition) is 0. The lowest BCUT2D eigenvalue weighted by molar-refractivity contribution is 0.0952. The number of pyridine rings is 1. The summed E-state index contributed by atoms with van der Waals surface area (Å²) in [4.78, 5) is 18.4. The van der Waals surface area contributed by atoms with Gasteiger partial charge in [-0.15, -0.1) is 0 Å². The molecule has 25 heavy (non-hydrogen) atoms. The van der Waals surface area contributed by atoms with Crippen LogP contribution in [-0.2, 0) is 11.2 Å². The minimum Gasteiger partial charge on any atom is -0.383 e. The molecule has 134 valence electrons. The largest absolute Gasteiger partial charge is 0.383 e. The normalized spacial score (nSPS) is 16.8. The van der Waals surface area contributed by atoms with Crippen LogP contribution in [0.4, 0.5) is 5.82 Å². The molecule has 0 aliphatic carbocycles. The molecule has 1 unspecified atom stereocenters. The Labute approximate surface area is 149 Å². The van der Waals surface area contributed by atoms with Gasteiger partial charge in [-0.25, -0.2) is 9.97 Å². The second-order valence-electron chi connectivity index (χ2n) is 6.46. The zero-order chi connectivity index (χ0) is 17.6. The Hall–Kier alpha value is -2.05. The van der Waals surface area contributed by atoms with Crippen molar-refractivity contribution in [2.24, 2.45) is 0 Å². The highest BCUT2D eigenvalue weighted by molar-refractivity contribution is 5.57. The average molecular weight is 341 g/mol. The molecule has 0 saturated carbocycles. The van der Waals surface area contributed by atoms with Crippen LogP contribution < -0.4 is 4.90 Å². The van der Waals surface area contributed by atoms with Crippen LogP contribution in [0.2, 0.25) is 0 Å². The van der Waals surface area contributed by atoms with Gasteiger partial charge in [0.15, 0.2) is 5.82 Å². The van der Waals surface area contributed by atoms with E-state index in [1.807, 2.05) is 12.1 Å². The van der Waals surface area contributed by atoms with Crippen molar-refractivity contribution < 1.29 is 4.74 Å². The van der Waals surface area contributed by atoms with Crippen molar-refractivity contribution in [1.82, 2.24) is 19.9 Å². The molecule has 6 heteroatoms. The monoisotopic (exact) mass is 341 g/mol. The summed E-state index contributed by atoms with van der Waals surface area (Å²) in [6.07, 6.45) is 4.47. The van der Waals surface area contributed by atoms with E-state index in [9.17, 15) is 0 Å². The molecule has 1 atom stereocenters. The van der Waals surface area contributed by atoms with Crippen LogP contribution in [0.25, 0.3) is 11.4 Å². The topological polar surface area (TPSA) is 54.4 Å². The third-order valence-electron chi connectivity index (χ3n) is 4.74. The maximum Gasteiger partial charge on any atom is 0.161 e. The van der Waals surface area contributed by atoms with Crippen molar-refractivity contribution in [1.29, 1.82) is 0 Å². The number of aryl methyl sites for hydroxylation is 1. The number of anilines is 1. The number of aromatic nitrogens is 3. The van der Waals surface area contributed by atoms with Gasteiger partial charge in [-0.05, 0) is 25.5 Å². The van der Waals surface area contributed by atoms with Crippen LogP contribution in [0.3, 0.4) is 0 Å². The minimum atomic E-state index is 0.455. The Kier molecular flexibility index (Phi) is 5.94. The van der Waals surface area contributed by atoms with E-state index in [4.69, 9.17) is 14.7 Å². The number of ether oxygens (including phenoxy) is 1. The fourth-order valence-corrected chi connectivity index (χ4v) is 3.19. The zero-order valence-corrected chi connectivity index (χ0v) is 15.4. The van der Waals surface area contributed by atoms with Crippen molar-refractivity contribution in [2.45, 2.75) is 26.3 Å². The summed E-state index contributed by atoms with van der Waals surface area (Å²) in [5.41, 5.74) is 2.09. The first-order chi connectivity index (χ1) is 12.2. The summed E-state index contributed by atoms with van der Waals surface area (Å²) in [5, 5.41) is 0. The van der Waals surface area contributed by atoms with Crippen molar-refractivity contribution in [2.75, 3.05) is 44.8 Å². The molecule has 2 aromatic rings. The molecule has 3 heterocycles. The van der Waals surface area contributed by atoms with Crippen LogP contribution in [-0.4, -0.2) is 65.8 Å².